The molecule has 0 fully saturated rings. The average Bonchev–Trinajstić information content (AvgIpc) is 2.60. The fourth-order valence-corrected chi connectivity index (χ4v) is 2.99. The minimum Gasteiger partial charge on any atom is -0.492 e. The molecule has 0 saturated carbocycles. The lowest BCUT2D eigenvalue weighted by molar-refractivity contribution is -0.136. The van der Waals surface area contributed by atoms with Crippen LogP contribution in [0.4, 0.5) is 0 Å². The fourth-order valence-electron chi connectivity index (χ4n) is 2.06. The Kier molecular flexibility index (Phi) is 6.89. The van der Waals surface area contributed by atoms with Gasteiger partial charge in [0, 0.05) is 4.90 Å². The highest BCUT2D eigenvalue weighted by Gasteiger charge is 2.17. The van der Waals surface area contributed by atoms with Gasteiger partial charge in [0.15, 0.2) is 0 Å². The molecule has 1 unspecified atom stereocenters. The maximum atomic E-state index is 12.3. The summed E-state index contributed by atoms with van der Waals surface area (Å²) >= 11 is 1.15. The van der Waals surface area contributed by atoms with E-state index in [2.05, 4.69) is 5.32 Å². The number of ether oxygens (including phenoxy) is 1. The quantitative estimate of drug-likeness (QED) is 0.558. The Balaban J connectivity index is 1.88. The Morgan fingerprint density at radius 2 is 1.84 bits per heavy atom. The van der Waals surface area contributed by atoms with Gasteiger partial charge in [-0.1, -0.05) is 29.8 Å². The number of thioether (sulfide) groups is 1. The molecule has 2 N–H and O–H groups in total. The third kappa shape index (κ3) is 5.83. The molecule has 0 spiro atoms. The van der Waals surface area contributed by atoms with Crippen LogP contribution in [0.3, 0.4) is 0 Å². The van der Waals surface area contributed by atoms with Crippen LogP contribution in [0.25, 0.3) is 0 Å². The van der Waals surface area contributed by atoms with Crippen molar-refractivity contribution in [2.45, 2.75) is 24.0 Å². The molecular weight excluding hydrogens is 338 g/mol. The highest BCUT2D eigenvalue weighted by molar-refractivity contribution is 8.00. The lowest BCUT2D eigenvalue weighted by Gasteiger charge is -2.12. The van der Waals surface area contributed by atoms with Crippen LogP contribution >= 0.6 is 11.8 Å². The summed E-state index contributed by atoms with van der Waals surface area (Å²) in [6.07, 6.45) is 0. The van der Waals surface area contributed by atoms with Crippen molar-refractivity contribution >= 4 is 23.6 Å². The van der Waals surface area contributed by atoms with E-state index in [-0.39, 0.29) is 5.91 Å². The Labute approximate surface area is 151 Å². The molecule has 1 atom stereocenters. The van der Waals surface area contributed by atoms with Crippen molar-refractivity contribution in [3.8, 4) is 5.75 Å². The summed E-state index contributed by atoms with van der Waals surface area (Å²) < 4.78 is 5.58. The Hall–Kier alpha value is -2.47. The summed E-state index contributed by atoms with van der Waals surface area (Å²) in [6, 6.07) is 14.7. The fraction of sp³-hybridized carbons (Fsp3) is 0.263. The Morgan fingerprint density at radius 1 is 1.16 bits per heavy atom. The number of carbonyl (C=O) groups excluding carboxylic acids is 1. The van der Waals surface area contributed by atoms with E-state index in [0.717, 1.165) is 23.1 Å². The SMILES string of the molecule is Cc1ccc(OCCNC(=O)c2ccccc2SC(C)C(=O)O)cc1. The van der Waals surface area contributed by atoms with E-state index in [4.69, 9.17) is 9.84 Å². The molecule has 0 aliphatic rings. The number of aryl methyl sites for hydroxylation is 1. The maximum Gasteiger partial charge on any atom is 0.316 e. The zero-order chi connectivity index (χ0) is 18.2. The molecule has 0 heterocycles. The molecule has 0 saturated heterocycles. The van der Waals surface area contributed by atoms with E-state index in [1.54, 1.807) is 31.2 Å². The van der Waals surface area contributed by atoms with Crippen molar-refractivity contribution in [2.24, 2.45) is 0 Å². The normalized spacial score (nSPS) is 11.6. The second-order valence-electron chi connectivity index (χ2n) is 5.51. The van der Waals surface area contributed by atoms with E-state index in [9.17, 15) is 9.59 Å². The van der Waals surface area contributed by atoms with Gasteiger partial charge < -0.3 is 15.2 Å². The second kappa shape index (κ2) is 9.13. The van der Waals surface area contributed by atoms with Crippen molar-refractivity contribution in [2.75, 3.05) is 13.2 Å². The van der Waals surface area contributed by atoms with Crippen LogP contribution in [-0.2, 0) is 4.79 Å². The summed E-state index contributed by atoms with van der Waals surface area (Å²) in [5.74, 6) is -0.397. The number of carbonyl (C=O) groups is 2. The highest BCUT2D eigenvalue weighted by Crippen LogP contribution is 2.26. The van der Waals surface area contributed by atoms with Gasteiger partial charge in [0.2, 0.25) is 0 Å². The van der Waals surface area contributed by atoms with Gasteiger partial charge in [-0.25, -0.2) is 0 Å². The summed E-state index contributed by atoms with van der Waals surface area (Å²) in [5.41, 5.74) is 1.63. The molecule has 2 aromatic carbocycles. The van der Waals surface area contributed by atoms with Gasteiger partial charge in [-0.3, -0.25) is 9.59 Å². The number of benzene rings is 2. The predicted octanol–water partition coefficient (Wildman–Crippen LogP) is 3.37. The summed E-state index contributed by atoms with van der Waals surface area (Å²) in [5, 5.41) is 11.2. The largest absolute Gasteiger partial charge is 0.492 e. The van der Waals surface area contributed by atoms with Gasteiger partial charge >= 0.3 is 5.97 Å². The smallest absolute Gasteiger partial charge is 0.316 e. The number of amides is 1. The first kappa shape index (κ1) is 18.9. The minimum atomic E-state index is -0.910. The van der Waals surface area contributed by atoms with Crippen molar-refractivity contribution in [1.29, 1.82) is 0 Å². The summed E-state index contributed by atoms with van der Waals surface area (Å²) in [7, 11) is 0. The van der Waals surface area contributed by atoms with Crippen LogP contribution in [0.15, 0.2) is 53.4 Å². The average molecular weight is 359 g/mol. The number of carboxylic acid groups (broad SMARTS) is 1. The Bertz CT molecular complexity index is 730. The molecule has 25 heavy (non-hydrogen) atoms. The van der Waals surface area contributed by atoms with E-state index in [1.807, 2.05) is 31.2 Å². The molecule has 2 aromatic rings. The molecule has 132 valence electrons. The van der Waals surface area contributed by atoms with Crippen molar-refractivity contribution in [3.05, 3.63) is 59.7 Å². The second-order valence-corrected chi connectivity index (χ2v) is 6.89. The summed E-state index contributed by atoms with van der Waals surface area (Å²) in [6.45, 7) is 4.32. The first-order chi connectivity index (χ1) is 12.0. The van der Waals surface area contributed by atoms with Crippen LogP contribution in [0, 0.1) is 6.92 Å². The number of hydrogen-bond donors (Lipinski definition) is 2. The molecule has 5 nitrogen and oxygen atoms in total. The van der Waals surface area contributed by atoms with Gasteiger partial charge in [-0.05, 0) is 38.1 Å². The third-order valence-corrected chi connectivity index (χ3v) is 4.63. The Morgan fingerprint density at radius 3 is 2.52 bits per heavy atom. The molecule has 0 aliphatic heterocycles. The van der Waals surface area contributed by atoms with Gasteiger partial charge in [0.1, 0.15) is 17.6 Å². The molecule has 0 aliphatic carbocycles. The van der Waals surface area contributed by atoms with Gasteiger partial charge in [-0.15, -0.1) is 11.8 Å². The molecule has 2 rings (SSSR count). The van der Waals surface area contributed by atoms with E-state index in [1.165, 1.54) is 0 Å². The molecule has 0 aromatic heterocycles. The van der Waals surface area contributed by atoms with E-state index < -0.39 is 11.2 Å². The first-order valence-electron chi connectivity index (χ1n) is 7.93. The lowest BCUT2D eigenvalue weighted by Crippen LogP contribution is -2.28. The maximum absolute atomic E-state index is 12.3. The molecule has 0 radical (unpaired) electrons. The summed E-state index contributed by atoms with van der Waals surface area (Å²) in [4.78, 5) is 24.0. The van der Waals surface area contributed by atoms with E-state index >= 15 is 0 Å². The zero-order valence-electron chi connectivity index (χ0n) is 14.2. The third-order valence-electron chi connectivity index (χ3n) is 3.46. The van der Waals surface area contributed by atoms with Crippen molar-refractivity contribution < 1.29 is 19.4 Å². The predicted molar refractivity (Wildman–Crippen MR) is 98.4 cm³/mol. The van der Waals surface area contributed by atoms with Crippen LogP contribution in [0.5, 0.6) is 5.75 Å². The van der Waals surface area contributed by atoms with Gasteiger partial charge in [0.05, 0.1) is 12.1 Å². The molecule has 6 heteroatoms. The van der Waals surface area contributed by atoms with Gasteiger partial charge in [-0.2, -0.15) is 0 Å². The first-order valence-corrected chi connectivity index (χ1v) is 8.81. The molecular formula is C19H21NO4S. The minimum absolute atomic E-state index is 0.242. The lowest BCUT2D eigenvalue weighted by atomic mass is 10.2. The molecule has 1 amide bonds. The van der Waals surface area contributed by atoms with Gasteiger partial charge in [0.25, 0.3) is 5.91 Å². The van der Waals surface area contributed by atoms with Crippen LogP contribution < -0.4 is 10.1 Å². The number of aliphatic carboxylic acids is 1. The van der Waals surface area contributed by atoms with Crippen LogP contribution in [0.2, 0.25) is 0 Å². The zero-order valence-corrected chi connectivity index (χ0v) is 15.0. The highest BCUT2D eigenvalue weighted by atomic mass is 32.2. The van der Waals surface area contributed by atoms with Crippen molar-refractivity contribution in [1.82, 2.24) is 5.32 Å². The number of rotatable bonds is 8. The standard InChI is InChI=1S/C19H21NO4S/c1-13-7-9-15(10-8-13)24-12-11-20-18(21)16-5-3-4-6-17(16)25-14(2)19(22)23/h3-10,14H,11-12H2,1-2H3,(H,20,21)(H,22,23). The topological polar surface area (TPSA) is 75.6 Å². The number of nitrogens with one attached hydrogen (secondary N) is 1. The van der Waals surface area contributed by atoms with Crippen molar-refractivity contribution in [3.63, 3.8) is 0 Å². The monoisotopic (exact) mass is 359 g/mol. The number of hydrogen-bond acceptors (Lipinski definition) is 4. The van der Waals surface area contributed by atoms with Crippen LogP contribution in [-0.4, -0.2) is 35.4 Å². The van der Waals surface area contributed by atoms with E-state index in [0.29, 0.717) is 23.6 Å². The van der Waals surface area contributed by atoms with Crippen LogP contribution in [0.1, 0.15) is 22.8 Å². The molecule has 0 bridgehead atoms. The number of carboxylic acids is 1.